The molecule has 0 aliphatic rings. The fraction of sp³-hybridized carbons (Fsp3) is 0.133. The molecule has 8 nitrogen and oxygen atoms in total. The number of methoxy groups -OCH3 is 1. The van der Waals surface area contributed by atoms with Crippen LogP contribution in [0.5, 0.6) is 5.75 Å². The summed E-state index contributed by atoms with van der Waals surface area (Å²) in [5.41, 5.74) is 3.24. The first-order valence-corrected chi connectivity index (χ1v) is 12.3. The zero-order chi connectivity index (χ0) is 27.2. The molecule has 0 bridgehead atoms. The summed E-state index contributed by atoms with van der Waals surface area (Å²) in [6.07, 6.45) is 0. The number of anilines is 1. The van der Waals surface area contributed by atoms with Crippen LogP contribution in [0, 0.1) is 5.82 Å². The molecule has 0 radical (unpaired) electrons. The summed E-state index contributed by atoms with van der Waals surface area (Å²) in [4.78, 5) is 29.3. The van der Waals surface area contributed by atoms with Crippen molar-refractivity contribution in [1.82, 2.24) is 20.3 Å². The van der Waals surface area contributed by atoms with E-state index in [0.717, 1.165) is 5.56 Å². The Morgan fingerprint density at radius 2 is 1.62 bits per heavy atom. The Kier molecular flexibility index (Phi) is 7.58. The fourth-order valence-corrected chi connectivity index (χ4v) is 4.36. The molecule has 0 aliphatic carbocycles. The van der Waals surface area contributed by atoms with E-state index in [-0.39, 0.29) is 24.8 Å². The number of hydrogen-bond donors (Lipinski definition) is 1. The molecule has 0 fully saturated rings. The number of carbonyl (C=O) groups is 2. The molecule has 1 atom stereocenters. The van der Waals surface area contributed by atoms with E-state index in [2.05, 4.69) is 15.6 Å². The van der Waals surface area contributed by atoms with Gasteiger partial charge in [0.15, 0.2) is 0 Å². The molecule has 2 amide bonds. The van der Waals surface area contributed by atoms with Crippen LogP contribution < -0.4 is 15.0 Å². The number of nitrogens with one attached hydrogen (secondary N) is 1. The Balaban J connectivity index is 1.52. The molecule has 9 heteroatoms. The SMILES string of the molecule is COc1ccc(N(C(=O)Cn2nnc3ccccc32)[C@H](C(=O)NCc2ccc(F)cc2)c2ccccc2)cc1. The standard InChI is InChI=1S/C30H26FN5O3/c1-39-25-17-15-24(16-18-25)36(28(37)20-35-27-10-6-5-9-26(27)33-34-35)29(22-7-3-2-4-8-22)30(38)32-19-21-11-13-23(31)14-12-21/h2-18,29H,19-20H2,1H3,(H,32,38)/t29-/m0/s1. The molecule has 0 saturated carbocycles. The van der Waals surface area contributed by atoms with Gasteiger partial charge in [-0.3, -0.25) is 14.5 Å². The molecule has 0 spiro atoms. The minimum Gasteiger partial charge on any atom is -0.497 e. The van der Waals surface area contributed by atoms with Gasteiger partial charge >= 0.3 is 0 Å². The second-order valence-electron chi connectivity index (χ2n) is 8.86. The third-order valence-electron chi connectivity index (χ3n) is 6.33. The van der Waals surface area contributed by atoms with Crippen molar-refractivity contribution in [1.29, 1.82) is 0 Å². The third-order valence-corrected chi connectivity index (χ3v) is 6.33. The van der Waals surface area contributed by atoms with Crippen LogP contribution in [0.15, 0.2) is 103 Å². The number of amides is 2. The van der Waals surface area contributed by atoms with Crippen molar-refractivity contribution < 1.29 is 18.7 Å². The number of fused-ring (bicyclic) bond motifs is 1. The molecule has 196 valence electrons. The van der Waals surface area contributed by atoms with E-state index in [9.17, 15) is 14.0 Å². The lowest BCUT2D eigenvalue weighted by Gasteiger charge is -2.31. The van der Waals surface area contributed by atoms with Crippen LogP contribution in [-0.4, -0.2) is 33.9 Å². The molecule has 39 heavy (non-hydrogen) atoms. The van der Waals surface area contributed by atoms with Crippen LogP contribution in [0.4, 0.5) is 10.1 Å². The lowest BCUT2D eigenvalue weighted by molar-refractivity contribution is -0.127. The number of rotatable bonds is 9. The van der Waals surface area contributed by atoms with Gasteiger partial charge in [-0.15, -0.1) is 5.10 Å². The zero-order valence-electron chi connectivity index (χ0n) is 21.2. The van der Waals surface area contributed by atoms with Gasteiger partial charge in [0.25, 0.3) is 0 Å². The van der Waals surface area contributed by atoms with Gasteiger partial charge in [0, 0.05) is 12.2 Å². The summed E-state index contributed by atoms with van der Waals surface area (Å²) >= 11 is 0. The van der Waals surface area contributed by atoms with E-state index in [0.29, 0.717) is 28.0 Å². The molecule has 0 unspecified atom stereocenters. The number of hydrogen-bond acceptors (Lipinski definition) is 5. The fourth-order valence-electron chi connectivity index (χ4n) is 4.36. The second-order valence-corrected chi connectivity index (χ2v) is 8.86. The molecular weight excluding hydrogens is 497 g/mol. The normalized spacial score (nSPS) is 11.6. The topological polar surface area (TPSA) is 89.3 Å². The van der Waals surface area contributed by atoms with Crippen molar-refractivity contribution in [2.24, 2.45) is 0 Å². The van der Waals surface area contributed by atoms with Gasteiger partial charge in [-0.2, -0.15) is 0 Å². The third kappa shape index (κ3) is 5.77. The summed E-state index contributed by atoms with van der Waals surface area (Å²) < 4.78 is 20.2. The first-order valence-electron chi connectivity index (χ1n) is 12.3. The summed E-state index contributed by atoms with van der Waals surface area (Å²) in [5.74, 6) is -0.491. The summed E-state index contributed by atoms with van der Waals surface area (Å²) in [6.45, 7) is 0.0297. The molecule has 0 aliphatic heterocycles. The van der Waals surface area contributed by atoms with Gasteiger partial charge in [-0.1, -0.05) is 59.8 Å². The van der Waals surface area contributed by atoms with Crippen molar-refractivity contribution in [3.05, 3.63) is 120 Å². The van der Waals surface area contributed by atoms with Crippen LogP contribution in [0.2, 0.25) is 0 Å². The predicted molar refractivity (Wildman–Crippen MR) is 145 cm³/mol. The highest BCUT2D eigenvalue weighted by Crippen LogP contribution is 2.30. The minimum absolute atomic E-state index is 0.138. The number of nitrogens with zero attached hydrogens (tertiary/aromatic N) is 4. The Bertz CT molecular complexity index is 1570. The van der Waals surface area contributed by atoms with Gasteiger partial charge in [0.1, 0.15) is 29.7 Å². The molecule has 1 aromatic heterocycles. The second kappa shape index (κ2) is 11.6. The van der Waals surface area contributed by atoms with Crippen LogP contribution in [0.1, 0.15) is 17.2 Å². The van der Waals surface area contributed by atoms with Gasteiger partial charge in [0.2, 0.25) is 11.8 Å². The molecule has 0 saturated heterocycles. The van der Waals surface area contributed by atoms with Crippen LogP contribution in [-0.2, 0) is 22.7 Å². The van der Waals surface area contributed by atoms with Gasteiger partial charge in [-0.05, 0) is 59.7 Å². The maximum atomic E-state index is 14.0. The summed E-state index contributed by atoms with van der Waals surface area (Å²) in [5, 5.41) is 11.2. The zero-order valence-corrected chi connectivity index (χ0v) is 21.2. The number of halogens is 1. The lowest BCUT2D eigenvalue weighted by Crippen LogP contribution is -2.45. The smallest absolute Gasteiger partial charge is 0.249 e. The highest BCUT2D eigenvalue weighted by atomic mass is 19.1. The minimum atomic E-state index is -0.998. The van der Waals surface area contributed by atoms with Gasteiger partial charge in [-0.25, -0.2) is 9.07 Å². The van der Waals surface area contributed by atoms with Crippen molar-refractivity contribution in [2.75, 3.05) is 12.0 Å². The Labute approximate surface area is 224 Å². The van der Waals surface area contributed by atoms with Crippen LogP contribution in [0.25, 0.3) is 11.0 Å². The number of benzene rings is 4. The van der Waals surface area contributed by atoms with E-state index in [1.165, 1.54) is 21.7 Å². The van der Waals surface area contributed by atoms with Gasteiger partial charge in [0.05, 0.1) is 12.6 Å². The number of carbonyl (C=O) groups excluding carboxylic acids is 2. The van der Waals surface area contributed by atoms with E-state index >= 15 is 0 Å². The monoisotopic (exact) mass is 523 g/mol. The quantitative estimate of drug-likeness (QED) is 0.303. The van der Waals surface area contributed by atoms with E-state index in [1.807, 2.05) is 42.5 Å². The van der Waals surface area contributed by atoms with Crippen LogP contribution >= 0.6 is 0 Å². The maximum absolute atomic E-state index is 14.0. The molecule has 5 rings (SSSR count). The average Bonchev–Trinajstić information content (AvgIpc) is 3.38. The predicted octanol–water partition coefficient (Wildman–Crippen LogP) is 4.67. The first-order chi connectivity index (χ1) is 19.0. The molecule has 5 aromatic rings. The van der Waals surface area contributed by atoms with E-state index < -0.39 is 11.9 Å². The van der Waals surface area contributed by atoms with Crippen molar-refractivity contribution >= 4 is 28.5 Å². The van der Waals surface area contributed by atoms with E-state index in [4.69, 9.17) is 4.74 Å². The van der Waals surface area contributed by atoms with Gasteiger partial charge < -0.3 is 10.1 Å². The first kappa shape index (κ1) is 25.6. The highest BCUT2D eigenvalue weighted by molar-refractivity contribution is 6.01. The summed E-state index contributed by atoms with van der Waals surface area (Å²) in [7, 11) is 1.56. The van der Waals surface area contributed by atoms with Crippen molar-refractivity contribution in [3.8, 4) is 5.75 Å². The maximum Gasteiger partial charge on any atom is 0.249 e. The Morgan fingerprint density at radius 1 is 0.923 bits per heavy atom. The average molecular weight is 524 g/mol. The van der Waals surface area contributed by atoms with Crippen LogP contribution in [0.3, 0.4) is 0 Å². The van der Waals surface area contributed by atoms with E-state index in [1.54, 1.807) is 55.6 Å². The molecule has 4 aromatic carbocycles. The molecular formula is C30H26FN5O3. The Hall–Kier alpha value is -5.05. The molecule has 1 heterocycles. The highest BCUT2D eigenvalue weighted by Gasteiger charge is 2.33. The Morgan fingerprint density at radius 3 is 2.33 bits per heavy atom. The largest absolute Gasteiger partial charge is 0.497 e. The number of para-hydroxylation sites is 1. The lowest BCUT2D eigenvalue weighted by atomic mass is 10.0. The molecule has 1 N–H and O–H groups in total. The van der Waals surface area contributed by atoms with Crippen molar-refractivity contribution in [3.63, 3.8) is 0 Å². The summed E-state index contributed by atoms with van der Waals surface area (Å²) in [6, 6.07) is 28.3. The van der Waals surface area contributed by atoms with Crippen molar-refractivity contribution in [2.45, 2.75) is 19.1 Å². The number of aromatic nitrogens is 3. The number of ether oxygens (including phenoxy) is 1.